The molecule has 1 aliphatic heterocycles. The zero-order chi connectivity index (χ0) is 21.0. The minimum absolute atomic E-state index is 0.108. The number of amides is 1. The standard InChI is InChI=1S/C21H25N3O5/c1-15(17-6-4-5-7-20(17)28-3)22(2)21(25)18-14-16(24(26)27)8-9-19(18)23-10-12-29-13-11-23/h4-9,14-15H,10-13H2,1-3H3. The van der Waals surface area contributed by atoms with Crippen LogP contribution in [0.5, 0.6) is 5.75 Å². The number of non-ortho nitro benzene ring substituents is 1. The Labute approximate surface area is 169 Å². The minimum atomic E-state index is -0.483. The van der Waals surface area contributed by atoms with Crippen LogP contribution >= 0.6 is 0 Å². The van der Waals surface area contributed by atoms with E-state index in [2.05, 4.69) is 0 Å². The molecule has 0 spiro atoms. The third kappa shape index (κ3) is 4.32. The lowest BCUT2D eigenvalue weighted by Crippen LogP contribution is -2.38. The second-order valence-corrected chi connectivity index (χ2v) is 6.89. The molecule has 29 heavy (non-hydrogen) atoms. The highest BCUT2D eigenvalue weighted by molar-refractivity contribution is 6.00. The Bertz CT molecular complexity index is 896. The van der Waals surface area contributed by atoms with Crippen LogP contribution in [0.4, 0.5) is 11.4 Å². The Balaban J connectivity index is 1.97. The van der Waals surface area contributed by atoms with E-state index in [0.29, 0.717) is 43.3 Å². The van der Waals surface area contributed by atoms with E-state index in [1.165, 1.54) is 12.1 Å². The summed E-state index contributed by atoms with van der Waals surface area (Å²) in [5.41, 5.74) is 1.75. The zero-order valence-corrected chi connectivity index (χ0v) is 16.8. The van der Waals surface area contributed by atoms with E-state index in [-0.39, 0.29) is 17.6 Å². The maximum atomic E-state index is 13.4. The van der Waals surface area contributed by atoms with Crippen LogP contribution in [0.25, 0.3) is 0 Å². The molecule has 1 amide bonds. The fraction of sp³-hybridized carbons (Fsp3) is 0.381. The van der Waals surface area contributed by atoms with Crippen molar-refractivity contribution in [2.75, 3.05) is 45.4 Å². The van der Waals surface area contributed by atoms with Gasteiger partial charge < -0.3 is 19.3 Å². The number of nitro benzene ring substituents is 1. The van der Waals surface area contributed by atoms with Gasteiger partial charge in [-0.25, -0.2) is 0 Å². The second-order valence-electron chi connectivity index (χ2n) is 6.89. The number of hydrogen-bond donors (Lipinski definition) is 0. The van der Waals surface area contributed by atoms with E-state index < -0.39 is 4.92 Å². The number of benzene rings is 2. The number of nitrogens with zero attached hydrogens (tertiary/aromatic N) is 3. The van der Waals surface area contributed by atoms with E-state index >= 15 is 0 Å². The van der Waals surface area contributed by atoms with Crippen LogP contribution in [-0.4, -0.2) is 56.2 Å². The molecule has 0 aromatic heterocycles. The van der Waals surface area contributed by atoms with Gasteiger partial charge in [0.2, 0.25) is 0 Å². The molecule has 1 fully saturated rings. The number of ether oxygens (including phenoxy) is 2. The molecule has 3 rings (SSSR count). The molecule has 1 atom stereocenters. The number of carbonyl (C=O) groups excluding carboxylic acids is 1. The van der Waals surface area contributed by atoms with Gasteiger partial charge in [0.05, 0.1) is 42.5 Å². The van der Waals surface area contributed by atoms with Crippen molar-refractivity contribution in [2.24, 2.45) is 0 Å². The van der Waals surface area contributed by atoms with Crippen LogP contribution in [-0.2, 0) is 4.74 Å². The predicted octanol–water partition coefficient (Wildman–Crippen LogP) is 3.27. The van der Waals surface area contributed by atoms with Gasteiger partial charge in [-0.2, -0.15) is 0 Å². The summed E-state index contributed by atoms with van der Waals surface area (Å²) >= 11 is 0. The number of methoxy groups -OCH3 is 1. The van der Waals surface area contributed by atoms with Gasteiger partial charge in [0.1, 0.15) is 5.75 Å². The zero-order valence-electron chi connectivity index (χ0n) is 16.8. The Hall–Kier alpha value is -3.13. The first-order chi connectivity index (χ1) is 13.9. The molecule has 8 nitrogen and oxygen atoms in total. The normalized spacial score (nSPS) is 14.9. The lowest BCUT2D eigenvalue weighted by atomic mass is 10.0. The lowest BCUT2D eigenvalue weighted by molar-refractivity contribution is -0.384. The Morgan fingerprint density at radius 3 is 2.59 bits per heavy atom. The van der Waals surface area contributed by atoms with Gasteiger partial charge in [-0.1, -0.05) is 18.2 Å². The van der Waals surface area contributed by atoms with Crippen LogP contribution in [0.3, 0.4) is 0 Å². The van der Waals surface area contributed by atoms with Crippen LogP contribution < -0.4 is 9.64 Å². The Kier molecular flexibility index (Phi) is 6.33. The fourth-order valence-corrected chi connectivity index (χ4v) is 3.47. The maximum absolute atomic E-state index is 13.4. The van der Waals surface area contributed by atoms with Crippen molar-refractivity contribution in [3.8, 4) is 5.75 Å². The fourth-order valence-electron chi connectivity index (χ4n) is 3.47. The number of hydrogen-bond acceptors (Lipinski definition) is 6. The first-order valence-electron chi connectivity index (χ1n) is 9.45. The molecule has 2 aromatic carbocycles. The van der Waals surface area contributed by atoms with Crippen molar-refractivity contribution >= 4 is 17.3 Å². The van der Waals surface area contributed by atoms with Gasteiger partial charge in [-0.05, 0) is 19.1 Å². The summed E-state index contributed by atoms with van der Waals surface area (Å²) in [4.78, 5) is 27.8. The molecule has 1 heterocycles. The van der Waals surface area contributed by atoms with E-state index in [0.717, 1.165) is 5.56 Å². The molecule has 2 aromatic rings. The van der Waals surface area contributed by atoms with E-state index in [9.17, 15) is 14.9 Å². The number of rotatable bonds is 6. The number of morpholine rings is 1. The van der Waals surface area contributed by atoms with E-state index in [1.807, 2.05) is 36.1 Å². The monoisotopic (exact) mass is 399 g/mol. The molecular formula is C21H25N3O5. The van der Waals surface area contributed by atoms with Crippen molar-refractivity contribution in [3.63, 3.8) is 0 Å². The summed E-state index contributed by atoms with van der Waals surface area (Å²) in [6, 6.07) is 11.7. The summed E-state index contributed by atoms with van der Waals surface area (Å²) in [6.45, 7) is 4.27. The van der Waals surface area contributed by atoms with Crippen molar-refractivity contribution in [2.45, 2.75) is 13.0 Å². The van der Waals surface area contributed by atoms with Crippen molar-refractivity contribution in [1.29, 1.82) is 0 Å². The first kappa shape index (κ1) is 20.6. The summed E-state index contributed by atoms with van der Waals surface area (Å²) in [5, 5.41) is 11.3. The largest absolute Gasteiger partial charge is 0.496 e. The van der Waals surface area contributed by atoms with Crippen molar-refractivity contribution < 1.29 is 19.2 Å². The summed E-state index contributed by atoms with van der Waals surface area (Å²) in [6.07, 6.45) is 0. The van der Waals surface area contributed by atoms with Gasteiger partial charge in [0.15, 0.2) is 0 Å². The highest BCUT2D eigenvalue weighted by Gasteiger charge is 2.27. The maximum Gasteiger partial charge on any atom is 0.270 e. The van der Waals surface area contributed by atoms with E-state index in [4.69, 9.17) is 9.47 Å². The SMILES string of the molecule is COc1ccccc1C(C)N(C)C(=O)c1cc([N+](=O)[O-])ccc1N1CCOCC1. The second kappa shape index (κ2) is 8.91. The molecule has 154 valence electrons. The molecule has 0 N–H and O–H groups in total. The van der Waals surface area contributed by atoms with Crippen LogP contribution in [0.2, 0.25) is 0 Å². The van der Waals surface area contributed by atoms with Gasteiger partial charge in [0.25, 0.3) is 11.6 Å². The van der Waals surface area contributed by atoms with Crippen molar-refractivity contribution in [3.05, 3.63) is 63.7 Å². The summed E-state index contributed by atoms with van der Waals surface area (Å²) in [5.74, 6) is 0.403. The quantitative estimate of drug-likeness (QED) is 0.547. The third-order valence-electron chi connectivity index (χ3n) is 5.26. The average Bonchev–Trinajstić information content (AvgIpc) is 2.77. The summed E-state index contributed by atoms with van der Waals surface area (Å²) < 4.78 is 10.8. The highest BCUT2D eigenvalue weighted by Crippen LogP contribution is 2.32. The number of nitro groups is 1. The average molecular weight is 399 g/mol. The Morgan fingerprint density at radius 2 is 1.93 bits per heavy atom. The van der Waals surface area contributed by atoms with Crippen molar-refractivity contribution in [1.82, 2.24) is 4.90 Å². The number of anilines is 1. The lowest BCUT2D eigenvalue weighted by Gasteiger charge is -2.32. The molecule has 1 unspecified atom stereocenters. The van der Waals surface area contributed by atoms with Crippen LogP contribution in [0.15, 0.2) is 42.5 Å². The predicted molar refractivity (Wildman–Crippen MR) is 110 cm³/mol. The molecule has 0 bridgehead atoms. The molecule has 0 aliphatic carbocycles. The van der Waals surface area contributed by atoms with Crippen LogP contribution in [0, 0.1) is 10.1 Å². The molecule has 1 saturated heterocycles. The molecular weight excluding hydrogens is 374 g/mol. The minimum Gasteiger partial charge on any atom is -0.496 e. The number of para-hydroxylation sites is 1. The summed E-state index contributed by atoms with van der Waals surface area (Å²) in [7, 11) is 3.28. The first-order valence-corrected chi connectivity index (χ1v) is 9.45. The molecule has 8 heteroatoms. The van der Waals surface area contributed by atoms with Gasteiger partial charge in [0, 0.05) is 37.8 Å². The van der Waals surface area contributed by atoms with Gasteiger partial charge in [-0.15, -0.1) is 0 Å². The number of carbonyl (C=O) groups is 1. The third-order valence-corrected chi connectivity index (χ3v) is 5.26. The smallest absolute Gasteiger partial charge is 0.270 e. The topological polar surface area (TPSA) is 85.1 Å². The molecule has 0 saturated carbocycles. The highest BCUT2D eigenvalue weighted by atomic mass is 16.6. The molecule has 1 aliphatic rings. The van der Waals surface area contributed by atoms with Gasteiger partial charge >= 0.3 is 0 Å². The molecule has 0 radical (unpaired) electrons. The van der Waals surface area contributed by atoms with E-state index in [1.54, 1.807) is 25.1 Å². The van der Waals surface area contributed by atoms with Gasteiger partial charge in [-0.3, -0.25) is 14.9 Å². The van der Waals surface area contributed by atoms with Crippen LogP contribution in [0.1, 0.15) is 28.9 Å². The Morgan fingerprint density at radius 1 is 1.24 bits per heavy atom.